The number of aliphatic hydroxyl groups is 1. The van der Waals surface area contributed by atoms with Gasteiger partial charge in [0, 0.05) is 55.7 Å². The summed E-state index contributed by atoms with van der Waals surface area (Å²) in [7, 11) is 0. The van der Waals surface area contributed by atoms with E-state index in [1.165, 1.54) is 12.8 Å². The largest absolute Gasteiger partial charge is 0.394 e. The van der Waals surface area contributed by atoms with E-state index in [4.69, 9.17) is 14.8 Å². The smallest absolute Gasteiger partial charge is 0.252 e. The molecule has 1 saturated carbocycles. The van der Waals surface area contributed by atoms with Crippen LogP contribution in [0.2, 0.25) is 0 Å². The molecule has 1 atom stereocenters. The molecule has 1 aliphatic carbocycles. The van der Waals surface area contributed by atoms with Gasteiger partial charge in [0.15, 0.2) is 0 Å². The minimum absolute atomic E-state index is 0.0641. The van der Waals surface area contributed by atoms with Crippen molar-refractivity contribution >= 4 is 34.0 Å². The molecule has 1 unspecified atom stereocenters. The third-order valence-electron chi connectivity index (χ3n) is 8.29. The number of amides is 1. The number of aromatic nitrogens is 2. The van der Waals surface area contributed by atoms with Crippen molar-refractivity contribution in [2.24, 2.45) is 0 Å². The Hall–Kier alpha value is -3.92. The summed E-state index contributed by atoms with van der Waals surface area (Å²) in [6, 6.07) is 22.6. The van der Waals surface area contributed by atoms with E-state index in [1.54, 1.807) is 0 Å². The van der Waals surface area contributed by atoms with Crippen molar-refractivity contribution in [2.75, 3.05) is 68.1 Å². The summed E-state index contributed by atoms with van der Waals surface area (Å²) in [6.07, 6.45) is 2.38. The number of nitrogens with zero attached hydrogens (tertiary/aromatic N) is 4. The molecule has 0 spiro atoms. The highest BCUT2D eigenvalue weighted by atomic mass is 16.5. The zero-order valence-corrected chi connectivity index (χ0v) is 23.1. The van der Waals surface area contributed by atoms with Gasteiger partial charge in [0.05, 0.1) is 36.5 Å². The molecular formula is C32H36N6O3. The van der Waals surface area contributed by atoms with Crippen molar-refractivity contribution in [1.82, 2.24) is 14.5 Å². The molecule has 4 aromatic rings. The summed E-state index contributed by atoms with van der Waals surface area (Å²) in [5.74, 6) is 0.730. The zero-order valence-electron chi connectivity index (χ0n) is 23.1. The van der Waals surface area contributed by atoms with Gasteiger partial charge in [-0.3, -0.25) is 9.69 Å². The van der Waals surface area contributed by atoms with E-state index in [0.29, 0.717) is 19.3 Å². The Morgan fingerprint density at radius 1 is 0.976 bits per heavy atom. The van der Waals surface area contributed by atoms with E-state index in [1.807, 2.05) is 42.5 Å². The fraction of sp³-hybridized carbons (Fsp3) is 0.375. The fourth-order valence-electron chi connectivity index (χ4n) is 5.97. The van der Waals surface area contributed by atoms with Crippen LogP contribution in [-0.2, 0) is 9.53 Å². The maximum Gasteiger partial charge on any atom is 0.252 e. The van der Waals surface area contributed by atoms with Gasteiger partial charge in [-0.05, 0) is 54.8 Å². The predicted molar refractivity (Wildman–Crippen MR) is 162 cm³/mol. The molecule has 3 aromatic carbocycles. The van der Waals surface area contributed by atoms with Crippen molar-refractivity contribution < 1.29 is 14.6 Å². The Balaban J connectivity index is 1.24. The van der Waals surface area contributed by atoms with Gasteiger partial charge in [0.2, 0.25) is 0 Å². The lowest BCUT2D eigenvalue weighted by atomic mass is 10.1. The Bertz CT molecular complexity index is 1540. The molecule has 7 rings (SSSR count). The lowest BCUT2D eigenvalue weighted by Gasteiger charge is -2.36. The molecule has 3 N–H and O–H groups in total. The summed E-state index contributed by atoms with van der Waals surface area (Å²) in [5, 5.41) is 15.7. The topological polar surface area (TPSA) is 94.9 Å². The van der Waals surface area contributed by atoms with Crippen molar-refractivity contribution in [2.45, 2.75) is 24.9 Å². The maximum absolute atomic E-state index is 13.8. The molecule has 1 aromatic heterocycles. The van der Waals surface area contributed by atoms with Crippen LogP contribution in [0.15, 0.2) is 66.7 Å². The van der Waals surface area contributed by atoms with Gasteiger partial charge in [-0.15, -0.1) is 0 Å². The first kappa shape index (κ1) is 26.0. The number of nitrogens with one attached hydrogen (secondary N) is 2. The molecule has 212 valence electrons. The number of hydrogen-bond donors (Lipinski definition) is 3. The number of rotatable bonds is 9. The first-order valence-corrected chi connectivity index (χ1v) is 14.6. The highest BCUT2D eigenvalue weighted by Crippen LogP contribution is 2.41. The van der Waals surface area contributed by atoms with Gasteiger partial charge in [-0.1, -0.05) is 30.3 Å². The van der Waals surface area contributed by atoms with Crippen molar-refractivity contribution in [3.63, 3.8) is 0 Å². The van der Waals surface area contributed by atoms with Crippen LogP contribution in [0.1, 0.15) is 24.4 Å². The number of imidazole rings is 1. The monoisotopic (exact) mass is 552 g/mol. The number of fused-ring (bicyclic) bond motifs is 5. The molecule has 41 heavy (non-hydrogen) atoms. The van der Waals surface area contributed by atoms with E-state index >= 15 is 0 Å². The quantitative estimate of drug-likeness (QED) is 0.271. The van der Waals surface area contributed by atoms with Crippen molar-refractivity contribution in [3.8, 4) is 11.4 Å². The number of anilines is 3. The van der Waals surface area contributed by atoms with Crippen LogP contribution in [0.5, 0.6) is 0 Å². The molecule has 3 aliphatic rings. The number of ether oxygens (including phenoxy) is 1. The van der Waals surface area contributed by atoms with Crippen LogP contribution in [0, 0.1) is 0 Å². The van der Waals surface area contributed by atoms with E-state index in [0.717, 1.165) is 77.8 Å². The van der Waals surface area contributed by atoms with Crippen molar-refractivity contribution in [1.29, 1.82) is 0 Å². The molecule has 1 amide bonds. The predicted octanol–water partition coefficient (Wildman–Crippen LogP) is 3.95. The first-order chi connectivity index (χ1) is 20.2. The Labute approximate surface area is 239 Å². The van der Waals surface area contributed by atoms with Gasteiger partial charge >= 0.3 is 0 Å². The lowest BCUT2D eigenvalue weighted by molar-refractivity contribution is -0.118. The van der Waals surface area contributed by atoms with Gasteiger partial charge in [-0.25, -0.2) is 4.98 Å². The lowest BCUT2D eigenvalue weighted by Crippen LogP contribution is -2.47. The Morgan fingerprint density at radius 3 is 2.59 bits per heavy atom. The van der Waals surface area contributed by atoms with Crippen LogP contribution < -0.4 is 15.5 Å². The minimum atomic E-state index is -0.536. The molecule has 2 aliphatic heterocycles. The Kier molecular flexibility index (Phi) is 7.08. The SMILES string of the molecule is O=C1Nc2ccc(NC3CC3)cc2-c2nc3cc(N4CCN(CCOCCO)CC4)ccc3n2C1c1ccccc1. The Morgan fingerprint density at radius 2 is 1.80 bits per heavy atom. The van der Waals surface area contributed by atoms with Crippen LogP contribution in [0.3, 0.4) is 0 Å². The summed E-state index contributed by atoms with van der Waals surface area (Å²) in [4.78, 5) is 23.8. The summed E-state index contributed by atoms with van der Waals surface area (Å²) < 4.78 is 7.56. The molecule has 9 nitrogen and oxygen atoms in total. The fourth-order valence-corrected chi connectivity index (χ4v) is 5.97. The van der Waals surface area contributed by atoms with Crippen LogP contribution >= 0.6 is 0 Å². The average molecular weight is 553 g/mol. The number of benzene rings is 3. The highest BCUT2D eigenvalue weighted by molar-refractivity contribution is 6.03. The number of aliphatic hydroxyl groups excluding tert-OH is 1. The van der Waals surface area contributed by atoms with Gasteiger partial charge in [-0.2, -0.15) is 0 Å². The number of carbonyl (C=O) groups is 1. The second kappa shape index (κ2) is 11.2. The van der Waals surface area contributed by atoms with Gasteiger partial charge in [0.1, 0.15) is 11.9 Å². The number of piperazine rings is 1. The summed E-state index contributed by atoms with van der Waals surface area (Å²) >= 11 is 0. The molecule has 9 heteroatoms. The van der Waals surface area contributed by atoms with Crippen molar-refractivity contribution in [3.05, 3.63) is 72.3 Å². The van der Waals surface area contributed by atoms with E-state index in [9.17, 15) is 4.79 Å². The minimum Gasteiger partial charge on any atom is -0.394 e. The van der Waals surface area contributed by atoms with Gasteiger partial charge in [0.25, 0.3) is 5.91 Å². The highest BCUT2D eigenvalue weighted by Gasteiger charge is 2.33. The molecule has 0 bridgehead atoms. The van der Waals surface area contributed by atoms with Crippen LogP contribution in [0.25, 0.3) is 22.4 Å². The number of hydrogen-bond acceptors (Lipinski definition) is 7. The molecule has 1 saturated heterocycles. The van der Waals surface area contributed by atoms with E-state index < -0.39 is 6.04 Å². The summed E-state index contributed by atoms with van der Waals surface area (Å²) in [6.45, 7) is 5.74. The van der Waals surface area contributed by atoms with Gasteiger partial charge < -0.3 is 29.9 Å². The molecule has 3 heterocycles. The molecule has 0 radical (unpaired) electrons. The standard InChI is InChI=1S/C32H36N6O3/c39-17-19-41-18-16-36-12-14-37(15-13-36)25-9-11-29-28(21-25)34-31-26-20-24(33-23-6-7-23)8-10-27(26)35-32(40)30(38(29)31)22-4-2-1-3-5-22/h1-5,8-11,20-21,23,30,33,39H,6-7,12-19H2,(H,35,40). The zero-order chi connectivity index (χ0) is 27.8. The second-order valence-electron chi connectivity index (χ2n) is 11.1. The third kappa shape index (κ3) is 5.28. The van der Waals surface area contributed by atoms with Crippen LogP contribution in [-0.4, -0.2) is 84.1 Å². The normalized spacial score (nSPS) is 19.0. The molecule has 2 fully saturated rings. The summed E-state index contributed by atoms with van der Waals surface area (Å²) in [5.41, 5.74) is 6.67. The van der Waals surface area contributed by atoms with E-state index in [-0.39, 0.29) is 12.5 Å². The van der Waals surface area contributed by atoms with E-state index in [2.05, 4.69) is 49.3 Å². The number of carbonyl (C=O) groups excluding carboxylic acids is 1. The molecular weight excluding hydrogens is 516 g/mol. The third-order valence-corrected chi connectivity index (χ3v) is 8.29. The van der Waals surface area contributed by atoms with Crippen LogP contribution in [0.4, 0.5) is 17.1 Å². The second-order valence-corrected chi connectivity index (χ2v) is 11.1. The first-order valence-electron chi connectivity index (χ1n) is 14.6. The average Bonchev–Trinajstić information content (AvgIpc) is 3.77. The maximum atomic E-state index is 13.8.